The van der Waals surface area contributed by atoms with Crippen LogP contribution in [0.15, 0.2) is 23.3 Å². The number of rotatable bonds is 9. The molecule has 6 atom stereocenters. The molecule has 0 saturated heterocycles. The molecule has 2 N–H and O–H groups in total. The number of Topliss-reactive ketones (excluding diaryl/α,β-unsaturated/α-hetero) is 1. The minimum atomic E-state index is -1.64. The standard InChI is InChI=1S/C35H54N2O4/c1-12-29(3,4)16-17-31(7,28(40)37-13-2)18-19-34(10)33(9)15-14-24-30(5,6)27(39)23(22-36)21-32(24,8)25(33)20-26(38)35(34,11)41/h20-21,24,41H,12-19H2,1-11H3,(H,37,40)/t24-,31-,32-,33+,34-,35+/m0/s1. The maximum atomic E-state index is 13.8. The lowest BCUT2D eigenvalue weighted by atomic mass is 9.38. The number of aliphatic hydroxyl groups is 1. The average Bonchev–Trinajstić information content (AvgIpc) is 2.89. The molecule has 41 heavy (non-hydrogen) atoms. The summed E-state index contributed by atoms with van der Waals surface area (Å²) in [6.07, 6.45) is 8.51. The van der Waals surface area contributed by atoms with Gasteiger partial charge in [0.2, 0.25) is 5.91 Å². The minimum Gasteiger partial charge on any atom is -0.381 e. The maximum Gasteiger partial charge on any atom is 0.225 e. The SMILES string of the molecule is CCNC(=O)[C@@](C)(CCC(C)(C)CC)CC[C@]1(C)[C@](C)(O)C(=O)C=C2[C@@]3(C)C=C(C#N)C(=O)C(C)(C)[C@@H]3CC[C@]21C. The van der Waals surface area contributed by atoms with Crippen LogP contribution in [0, 0.1) is 49.7 Å². The number of amides is 1. The van der Waals surface area contributed by atoms with Crippen LogP contribution in [0.1, 0.15) is 121 Å². The van der Waals surface area contributed by atoms with Gasteiger partial charge in [-0.05, 0) is 80.8 Å². The van der Waals surface area contributed by atoms with Crippen molar-refractivity contribution in [3.8, 4) is 6.07 Å². The third-order valence-corrected chi connectivity index (χ3v) is 12.5. The number of nitrogens with one attached hydrogen (secondary N) is 1. The van der Waals surface area contributed by atoms with Gasteiger partial charge in [-0.15, -0.1) is 0 Å². The van der Waals surface area contributed by atoms with E-state index < -0.39 is 32.7 Å². The van der Waals surface area contributed by atoms with Gasteiger partial charge in [0.25, 0.3) is 0 Å². The highest BCUT2D eigenvalue weighted by Gasteiger charge is 2.68. The molecule has 0 heterocycles. The highest BCUT2D eigenvalue weighted by molar-refractivity contribution is 6.05. The number of carbonyl (C=O) groups is 3. The summed E-state index contributed by atoms with van der Waals surface area (Å²) in [5.41, 5.74) is -4.04. The topological polar surface area (TPSA) is 107 Å². The summed E-state index contributed by atoms with van der Waals surface area (Å²) in [5, 5.41) is 25.0. The summed E-state index contributed by atoms with van der Waals surface area (Å²) in [4.78, 5) is 40.6. The molecule has 0 aromatic rings. The fraction of sp³-hybridized carbons (Fsp3) is 0.771. The molecular formula is C35H54N2O4. The van der Waals surface area contributed by atoms with Gasteiger partial charge in [0.05, 0.1) is 5.57 Å². The quantitative estimate of drug-likeness (QED) is 0.317. The smallest absolute Gasteiger partial charge is 0.225 e. The lowest BCUT2D eigenvalue weighted by molar-refractivity contribution is -0.174. The van der Waals surface area contributed by atoms with Gasteiger partial charge < -0.3 is 10.4 Å². The van der Waals surface area contributed by atoms with Crippen molar-refractivity contribution in [2.45, 2.75) is 127 Å². The Morgan fingerprint density at radius 2 is 1.68 bits per heavy atom. The monoisotopic (exact) mass is 566 g/mol. The van der Waals surface area contributed by atoms with Gasteiger partial charge in [-0.1, -0.05) is 74.8 Å². The first-order valence-electron chi connectivity index (χ1n) is 15.6. The van der Waals surface area contributed by atoms with Crippen LogP contribution in [0.4, 0.5) is 0 Å². The molecule has 0 bridgehead atoms. The zero-order valence-electron chi connectivity index (χ0n) is 27.5. The van der Waals surface area contributed by atoms with E-state index in [0.29, 0.717) is 25.8 Å². The average molecular weight is 567 g/mol. The molecule has 1 saturated carbocycles. The second kappa shape index (κ2) is 10.5. The fourth-order valence-corrected chi connectivity index (χ4v) is 8.42. The largest absolute Gasteiger partial charge is 0.381 e. The summed E-state index contributed by atoms with van der Waals surface area (Å²) < 4.78 is 0. The van der Waals surface area contributed by atoms with Gasteiger partial charge in [0, 0.05) is 28.2 Å². The van der Waals surface area contributed by atoms with Crippen molar-refractivity contribution < 1.29 is 19.5 Å². The van der Waals surface area contributed by atoms with Gasteiger partial charge in [0.15, 0.2) is 11.6 Å². The Bertz CT molecular complexity index is 1220. The number of hydrogen-bond donors (Lipinski definition) is 2. The van der Waals surface area contributed by atoms with E-state index in [9.17, 15) is 24.8 Å². The molecule has 0 radical (unpaired) electrons. The van der Waals surface area contributed by atoms with Crippen molar-refractivity contribution in [1.29, 1.82) is 5.26 Å². The molecule has 3 aliphatic carbocycles. The van der Waals surface area contributed by atoms with Crippen molar-refractivity contribution in [2.24, 2.45) is 38.4 Å². The predicted octanol–water partition coefficient (Wildman–Crippen LogP) is 6.87. The first-order valence-corrected chi connectivity index (χ1v) is 15.6. The summed E-state index contributed by atoms with van der Waals surface area (Å²) >= 11 is 0. The van der Waals surface area contributed by atoms with Crippen LogP contribution < -0.4 is 5.32 Å². The third kappa shape index (κ3) is 4.94. The number of allylic oxidation sites excluding steroid dienone is 3. The van der Waals surface area contributed by atoms with Gasteiger partial charge in [-0.25, -0.2) is 0 Å². The Morgan fingerprint density at radius 1 is 1.07 bits per heavy atom. The zero-order valence-corrected chi connectivity index (χ0v) is 27.5. The predicted molar refractivity (Wildman–Crippen MR) is 163 cm³/mol. The lowest BCUT2D eigenvalue weighted by Gasteiger charge is -2.65. The molecule has 3 rings (SSSR count). The molecule has 3 aliphatic rings. The van der Waals surface area contributed by atoms with E-state index in [-0.39, 0.29) is 34.4 Å². The van der Waals surface area contributed by atoms with E-state index in [1.807, 2.05) is 34.6 Å². The summed E-state index contributed by atoms with van der Waals surface area (Å²) in [5.74, 6) is -0.544. The fourth-order valence-electron chi connectivity index (χ4n) is 8.42. The molecule has 1 fully saturated rings. The number of carbonyl (C=O) groups excluding carboxylic acids is 3. The summed E-state index contributed by atoms with van der Waals surface area (Å²) in [7, 11) is 0. The Labute approximate surface area is 248 Å². The number of nitriles is 1. The number of ketones is 2. The van der Waals surface area contributed by atoms with Gasteiger partial charge >= 0.3 is 0 Å². The Kier molecular flexibility index (Phi) is 8.49. The van der Waals surface area contributed by atoms with Crippen LogP contribution in [-0.2, 0) is 14.4 Å². The van der Waals surface area contributed by atoms with Crippen molar-refractivity contribution in [3.05, 3.63) is 23.3 Å². The highest BCUT2D eigenvalue weighted by Crippen LogP contribution is 2.70. The molecule has 6 heteroatoms. The summed E-state index contributed by atoms with van der Waals surface area (Å²) in [6.45, 7) is 22.8. The molecule has 1 amide bonds. The molecule has 0 aliphatic heterocycles. The molecule has 6 nitrogen and oxygen atoms in total. The van der Waals surface area contributed by atoms with Crippen molar-refractivity contribution >= 4 is 17.5 Å². The zero-order chi connectivity index (χ0) is 31.4. The lowest BCUT2D eigenvalue weighted by Crippen LogP contribution is -2.66. The van der Waals surface area contributed by atoms with Crippen LogP contribution in [0.25, 0.3) is 0 Å². The Hall–Kier alpha value is -2.26. The third-order valence-electron chi connectivity index (χ3n) is 12.5. The molecule has 0 unspecified atom stereocenters. The Morgan fingerprint density at radius 3 is 2.22 bits per heavy atom. The van der Waals surface area contributed by atoms with Gasteiger partial charge in [-0.3, -0.25) is 14.4 Å². The van der Waals surface area contributed by atoms with Crippen molar-refractivity contribution in [1.82, 2.24) is 5.32 Å². The summed E-state index contributed by atoms with van der Waals surface area (Å²) in [6, 6.07) is 2.13. The number of nitrogens with zero attached hydrogens (tertiary/aromatic N) is 1. The molecule has 0 spiro atoms. The van der Waals surface area contributed by atoms with Crippen LogP contribution in [0.3, 0.4) is 0 Å². The van der Waals surface area contributed by atoms with Crippen molar-refractivity contribution in [3.63, 3.8) is 0 Å². The van der Waals surface area contributed by atoms with E-state index in [2.05, 4.69) is 46.0 Å². The van der Waals surface area contributed by atoms with E-state index >= 15 is 0 Å². The number of hydrogen-bond acceptors (Lipinski definition) is 5. The van der Waals surface area contributed by atoms with E-state index in [4.69, 9.17) is 0 Å². The second-order valence-electron chi connectivity index (χ2n) is 15.7. The molecule has 228 valence electrons. The number of fused-ring (bicyclic) bond motifs is 3. The molecule has 0 aromatic heterocycles. The second-order valence-corrected chi connectivity index (χ2v) is 15.7. The van der Waals surface area contributed by atoms with E-state index in [0.717, 1.165) is 31.3 Å². The first-order chi connectivity index (χ1) is 18.6. The molecular weight excluding hydrogens is 512 g/mol. The van der Waals surface area contributed by atoms with Gasteiger partial charge in [0.1, 0.15) is 11.7 Å². The van der Waals surface area contributed by atoms with Crippen LogP contribution >= 0.6 is 0 Å². The Balaban J connectivity index is 2.13. The molecule has 0 aromatic carbocycles. The van der Waals surface area contributed by atoms with E-state index in [1.54, 1.807) is 19.1 Å². The van der Waals surface area contributed by atoms with Crippen molar-refractivity contribution in [2.75, 3.05) is 6.54 Å². The van der Waals surface area contributed by atoms with Crippen LogP contribution in [0.2, 0.25) is 0 Å². The highest BCUT2D eigenvalue weighted by atomic mass is 16.3. The van der Waals surface area contributed by atoms with Gasteiger partial charge in [-0.2, -0.15) is 5.26 Å². The van der Waals surface area contributed by atoms with Crippen LogP contribution in [-0.4, -0.2) is 34.7 Å². The minimum absolute atomic E-state index is 0.0167. The normalized spacial score (nSPS) is 36.2. The van der Waals surface area contributed by atoms with E-state index in [1.165, 1.54) is 0 Å². The maximum absolute atomic E-state index is 13.8. The first kappa shape index (κ1) is 33.2. The van der Waals surface area contributed by atoms with Crippen LogP contribution in [0.5, 0.6) is 0 Å².